The number of nitrogens with zero attached hydrogens (tertiary/aromatic N) is 3. The lowest BCUT2D eigenvalue weighted by Gasteiger charge is -2.14. The first-order valence-corrected chi connectivity index (χ1v) is 13.2. The number of carboxylic acid groups (broad SMARTS) is 1. The Labute approximate surface area is 243 Å². The number of hydrogen-bond donors (Lipinski definition) is 1. The Bertz CT molecular complexity index is 2010. The molecular weight excluding hydrogens is 558 g/mol. The van der Waals surface area contributed by atoms with E-state index in [0.29, 0.717) is 44.3 Å². The highest BCUT2D eigenvalue weighted by Gasteiger charge is 2.18. The molecule has 0 saturated carbocycles. The van der Waals surface area contributed by atoms with Crippen molar-refractivity contribution in [3.63, 3.8) is 0 Å². The van der Waals surface area contributed by atoms with Crippen molar-refractivity contribution >= 4 is 45.7 Å². The number of carboxylic acids is 1. The maximum atomic E-state index is 13.7. The zero-order valence-corrected chi connectivity index (χ0v) is 22.9. The molecule has 0 bridgehead atoms. The molecule has 2 heterocycles. The zero-order valence-electron chi connectivity index (χ0n) is 22.2. The molecule has 0 spiro atoms. The number of hydrogen-bond acceptors (Lipinski definition) is 7. The average molecular weight is 580 g/mol. The van der Waals surface area contributed by atoms with Crippen molar-refractivity contribution in [1.29, 1.82) is 0 Å². The Balaban J connectivity index is 1.44. The zero-order chi connectivity index (χ0) is 29.2. The topological polar surface area (TPSA) is 116 Å². The van der Waals surface area contributed by atoms with Crippen LogP contribution < -0.4 is 15.0 Å². The molecular formula is C32H22ClN3O6. The van der Waals surface area contributed by atoms with Crippen LogP contribution in [0.4, 0.5) is 0 Å². The van der Waals surface area contributed by atoms with E-state index in [-0.39, 0.29) is 23.6 Å². The van der Waals surface area contributed by atoms with Gasteiger partial charge in [0.2, 0.25) is 5.82 Å². The first kappa shape index (κ1) is 26.8. The molecule has 0 fully saturated rings. The molecule has 10 heteroatoms. The Morgan fingerprint density at radius 1 is 1.05 bits per heavy atom. The van der Waals surface area contributed by atoms with Crippen LogP contribution in [0.2, 0.25) is 5.02 Å². The summed E-state index contributed by atoms with van der Waals surface area (Å²) in [6, 6.07) is 25.9. The van der Waals surface area contributed by atoms with Crippen LogP contribution in [0.25, 0.3) is 33.5 Å². The number of aromatic carboxylic acids is 1. The third-order valence-electron chi connectivity index (χ3n) is 6.56. The van der Waals surface area contributed by atoms with Gasteiger partial charge in [-0.15, -0.1) is 0 Å². The van der Waals surface area contributed by atoms with Crippen molar-refractivity contribution in [2.45, 2.75) is 6.61 Å². The van der Waals surface area contributed by atoms with Gasteiger partial charge >= 0.3 is 5.97 Å². The number of furan rings is 1. The molecule has 0 amide bonds. The molecule has 0 aliphatic rings. The SMILES string of the molecule is COc1cc(Cl)cc(C=Nn2c(-c3cc4ccccc4o3)nc3ccccc3c2=O)c1OCc1ccc(C(=O)O)cc1. The number of ether oxygens (including phenoxy) is 2. The summed E-state index contributed by atoms with van der Waals surface area (Å²) in [4.78, 5) is 29.6. The van der Waals surface area contributed by atoms with Crippen LogP contribution in [0.5, 0.6) is 11.5 Å². The number of benzene rings is 4. The van der Waals surface area contributed by atoms with Crippen molar-refractivity contribution in [1.82, 2.24) is 9.66 Å². The van der Waals surface area contributed by atoms with Crippen LogP contribution in [0, 0.1) is 0 Å². The van der Waals surface area contributed by atoms with E-state index < -0.39 is 5.97 Å². The fourth-order valence-electron chi connectivity index (χ4n) is 4.49. The highest BCUT2D eigenvalue weighted by molar-refractivity contribution is 6.31. The summed E-state index contributed by atoms with van der Waals surface area (Å²) in [6.45, 7) is 0.112. The second-order valence-corrected chi connectivity index (χ2v) is 9.72. The van der Waals surface area contributed by atoms with Crippen LogP contribution in [-0.2, 0) is 6.61 Å². The van der Waals surface area contributed by atoms with E-state index in [0.717, 1.165) is 10.9 Å². The van der Waals surface area contributed by atoms with Crippen LogP contribution in [0.15, 0.2) is 105 Å². The molecule has 0 aliphatic heterocycles. The van der Waals surface area contributed by atoms with Gasteiger partial charge in [-0.25, -0.2) is 9.78 Å². The second-order valence-electron chi connectivity index (χ2n) is 9.28. The van der Waals surface area contributed by atoms with Gasteiger partial charge in [0.05, 0.1) is 29.8 Å². The van der Waals surface area contributed by atoms with Gasteiger partial charge in [0.1, 0.15) is 12.2 Å². The van der Waals surface area contributed by atoms with Crippen LogP contribution >= 0.6 is 11.6 Å². The first-order chi connectivity index (χ1) is 20.4. The average Bonchev–Trinajstić information content (AvgIpc) is 3.44. The van der Waals surface area contributed by atoms with Gasteiger partial charge in [-0.05, 0) is 48.0 Å². The molecule has 0 unspecified atom stereocenters. The highest BCUT2D eigenvalue weighted by atomic mass is 35.5. The van der Waals surface area contributed by atoms with Gasteiger partial charge in [0.15, 0.2) is 17.3 Å². The van der Waals surface area contributed by atoms with Gasteiger partial charge in [-0.3, -0.25) is 4.79 Å². The summed E-state index contributed by atoms with van der Waals surface area (Å²) in [5, 5.41) is 15.3. The van der Waals surface area contributed by atoms with E-state index in [4.69, 9.17) is 35.6 Å². The van der Waals surface area contributed by atoms with E-state index in [1.165, 1.54) is 30.1 Å². The summed E-state index contributed by atoms with van der Waals surface area (Å²) in [5.74, 6) is 0.274. The van der Waals surface area contributed by atoms with Gasteiger partial charge in [0.25, 0.3) is 5.56 Å². The van der Waals surface area contributed by atoms with E-state index in [1.807, 2.05) is 36.4 Å². The Kier molecular flexibility index (Phi) is 7.16. The van der Waals surface area contributed by atoms with Gasteiger partial charge in [-0.2, -0.15) is 9.78 Å². The Morgan fingerprint density at radius 3 is 2.57 bits per heavy atom. The van der Waals surface area contributed by atoms with Crippen molar-refractivity contribution in [3.05, 3.63) is 123 Å². The maximum absolute atomic E-state index is 13.7. The smallest absolute Gasteiger partial charge is 0.335 e. The molecule has 6 aromatic rings. The minimum Gasteiger partial charge on any atom is -0.493 e. The molecule has 4 aromatic carbocycles. The number of fused-ring (bicyclic) bond motifs is 2. The molecule has 0 saturated heterocycles. The van der Waals surface area contributed by atoms with Gasteiger partial charge < -0.3 is 19.0 Å². The molecule has 208 valence electrons. The minimum absolute atomic E-state index is 0.112. The number of rotatable bonds is 8. The van der Waals surface area contributed by atoms with Crippen LogP contribution in [0.1, 0.15) is 21.5 Å². The van der Waals surface area contributed by atoms with Crippen LogP contribution in [-0.4, -0.2) is 34.1 Å². The number of aromatic nitrogens is 2. The second kappa shape index (κ2) is 11.2. The molecule has 42 heavy (non-hydrogen) atoms. The van der Waals surface area contributed by atoms with Crippen molar-refractivity contribution in [2.75, 3.05) is 7.11 Å². The normalized spacial score (nSPS) is 11.4. The Morgan fingerprint density at radius 2 is 1.81 bits per heavy atom. The molecule has 2 aromatic heterocycles. The molecule has 9 nitrogen and oxygen atoms in total. The number of halogens is 1. The summed E-state index contributed by atoms with van der Waals surface area (Å²) in [6.07, 6.45) is 1.45. The summed E-state index contributed by atoms with van der Waals surface area (Å²) < 4.78 is 18.8. The third kappa shape index (κ3) is 5.21. The molecule has 1 N–H and O–H groups in total. The van der Waals surface area contributed by atoms with E-state index in [1.54, 1.807) is 42.5 Å². The number of methoxy groups -OCH3 is 1. The minimum atomic E-state index is -1.01. The van der Waals surface area contributed by atoms with E-state index in [9.17, 15) is 9.59 Å². The van der Waals surface area contributed by atoms with E-state index in [2.05, 4.69) is 5.10 Å². The molecule has 6 rings (SSSR count). The fourth-order valence-corrected chi connectivity index (χ4v) is 4.71. The van der Waals surface area contributed by atoms with Crippen molar-refractivity contribution in [3.8, 4) is 23.1 Å². The van der Waals surface area contributed by atoms with Gasteiger partial charge in [0, 0.05) is 22.0 Å². The lowest BCUT2D eigenvalue weighted by molar-refractivity contribution is 0.0697. The fraction of sp³-hybridized carbons (Fsp3) is 0.0625. The summed E-state index contributed by atoms with van der Waals surface area (Å²) in [5.41, 5.74) is 2.12. The summed E-state index contributed by atoms with van der Waals surface area (Å²) in [7, 11) is 1.48. The first-order valence-electron chi connectivity index (χ1n) is 12.8. The standard InChI is InChI=1S/C32H22ClN3O6/c1-40-27-16-23(33)14-22(29(27)41-18-19-10-12-20(13-11-19)32(38)39)17-34-36-30(28-15-21-6-2-5-9-26(21)42-28)35-25-8-4-3-7-24(25)31(36)37/h2-17H,18H2,1H3,(H,38,39). The van der Waals surface area contributed by atoms with Crippen LogP contribution in [0.3, 0.4) is 0 Å². The highest BCUT2D eigenvalue weighted by Crippen LogP contribution is 2.35. The Hall–Kier alpha value is -5.41. The number of para-hydroxylation sites is 2. The van der Waals surface area contributed by atoms with Gasteiger partial charge in [-0.1, -0.05) is 54.1 Å². The molecule has 0 aliphatic carbocycles. The third-order valence-corrected chi connectivity index (χ3v) is 6.78. The summed E-state index contributed by atoms with van der Waals surface area (Å²) >= 11 is 6.38. The number of carbonyl (C=O) groups is 1. The van der Waals surface area contributed by atoms with Crippen molar-refractivity contribution < 1.29 is 23.8 Å². The quantitative estimate of drug-likeness (QED) is 0.201. The van der Waals surface area contributed by atoms with E-state index >= 15 is 0 Å². The molecule has 0 atom stereocenters. The lowest BCUT2D eigenvalue weighted by atomic mass is 10.1. The predicted molar refractivity (Wildman–Crippen MR) is 160 cm³/mol. The largest absolute Gasteiger partial charge is 0.493 e. The lowest BCUT2D eigenvalue weighted by Crippen LogP contribution is -2.20. The van der Waals surface area contributed by atoms with Crippen molar-refractivity contribution in [2.24, 2.45) is 5.10 Å². The predicted octanol–water partition coefficient (Wildman–Crippen LogP) is 6.63. The monoisotopic (exact) mass is 579 g/mol. The maximum Gasteiger partial charge on any atom is 0.335 e. The molecule has 0 radical (unpaired) electrons.